The molecule has 0 spiro atoms. The first kappa shape index (κ1) is 29.7. The summed E-state index contributed by atoms with van der Waals surface area (Å²) in [5, 5.41) is 3.28. The lowest BCUT2D eigenvalue weighted by Gasteiger charge is -2.24. The van der Waals surface area contributed by atoms with E-state index < -0.39 is 30.0 Å². The van der Waals surface area contributed by atoms with Crippen LogP contribution in [0.15, 0.2) is 116 Å². The van der Waals surface area contributed by atoms with Crippen LogP contribution in [0.4, 0.5) is 22.7 Å². The number of benzene rings is 4. The molecule has 13 heteroatoms. The van der Waals surface area contributed by atoms with Gasteiger partial charge in [0.2, 0.25) is 0 Å². The normalized spacial score (nSPS) is 15.2. The second-order valence-electron chi connectivity index (χ2n) is 9.44. The van der Waals surface area contributed by atoms with E-state index in [1.165, 1.54) is 32.2 Å². The molecular weight excluding hydrogens is 592 g/mol. The number of fused-ring (bicyclic) bond motifs is 1. The summed E-state index contributed by atoms with van der Waals surface area (Å²) in [5.41, 5.74) is 8.01. The van der Waals surface area contributed by atoms with E-state index in [0.717, 1.165) is 0 Å². The third-order valence-electron chi connectivity index (χ3n) is 6.59. The lowest BCUT2D eigenvalue weighted by Crippen LogP contribution is -2.25. The van der Waals surface area contributed by atoms with E-state index in [9.17, 15) is 25.9 Å². The van der Waals surface area contributed by atoms with Crippen LogP contribution in [0.2, 0.25) is 0 Å². The molecule has 5 N–H and O–H groups in total. The minimum absolute atomic E-state index is 0.00199. The topological polar surface area (TPSA) is 181 Å². The average molecular weight is 619 g/mol. The first-order valence-electron chi connectivity index (χ1n) is 12.7. The molecular formula is C30H26N4O7S2. The van der Waals surface area contributed by atoms with Crippen LogP contribution in [0.25, 0.3) is 0 Å². The molecule has 0 saturated carbocycles. The Bertz CT molecular complexity index is 2040. The zero-order chi connectivity index (χ0) is 30.9. The Balaban J connectivity index is 1.89. The molecule has 0 saturated heterocycles. The number of nitrogens with zero attached hydrogens (tertiary/aromatic N) is 2. The van der Waals surface area contributed by atoms with Gasteiger partial charge in [0.25, 0.3) is 20.2 Å². The average Bonchev–Trinajstić information content (AvgIpc) is 2.95. The van der Waals surface area contributed by atoms with Crippen LogP contribution in [-0.4, -0.2) is 44.5 Å². The van der Waals surface area contributed by atoms with Crippen molar-refractivity contribution in [2.24, 2.45) is 9.98 Å². The van der Waals surface area contributed by atoms with Gasteiger partial charge < -0.3 is 15.8 Å². The first-order valence-corrected chi connectivity index (χ1v) is 15.6. The fraction of sp³-hybridized carbons (Fsp3) is 0.0667. The minimum atomic E-state index is -4.76. The van der Waals surface area contributed by atoms with E-state index in [1.807, 2.05) is 36.4 Å². The molecule has 43 heavy (non-hydrogen) atoms. The van der Waals surface area contributed by atoms with Crippen LogP contribution >= 0.6 is 0 Å². The van der Waals surface area contributed by atoms with E-state index in [2.05, 4.69) is 5.32 Å². The van der Waals surface area contributed by atoms with Gasteiger partial charge in [0, 0.05) is 28.4 Å². The molecule has 220 valence electrons. The number of ether oxygens (including phenoxy) is 1. The molecule has 4 aromatic rings. The Labute approximate surface area is 248 Å². The van der Waals surface area contributed by atoms with Gasteiger partial charge >= 0.3 is 0 Å². The van der Waals surface area contributed by atoms with E-state index in [-0.39, 0.29) is 45.2 Å². The molecule has 11 nitrogen and oxygen atoms in total. The van der Waals surface area contributed by atoms with Crippen molar-refractivity contribution in [3.05, 3.63) is 113 Å². The predicted molar refractivity (Wildman–Crippen MR) is 165 cm³/mol. The van der Waals surface area contributed by atoms with E-state index in [0.29, 0.717) is 17.1 Å². The summed E-state index contributed by atoms with van der Waals surface area (Å²) in [6, 6.07) is 23.5. The summed E-state index contributed by atoms with van der Waals surface area (Å²) in [7, 11) is -8.14. The number of hydrogen-bond acceptors (Lipinski definition) is 9. The second-order valence-corrected chi connectivity index (χ2v) is 12.2. The SMILES string of the molecule is COc1cc(N)c(S(=O)(=O)O)c(C)c1N=C1C(Nc2ccccc2)=CC(=Nc2ccccc2)c2c1cccc2S(=O)(=O)O. The van der Waals surface area contributed by atoms with Gasteiger partial charge in [0.05, 0.1) is 35.6 Å². The van der Waals surface area contributed by atoms with Crippen LogP contribution in [0, 0.1) is 6.92 Å². The minimum Gasteiger partial charge on any atom is -0.494 e. The zero-order valence-corrected chi connectivity index (χ0v) is 24.5. The first-order chi connectivity index (χ1) is 20.4. The number of hydrogen-bond donors (Lipinski definition) is 4. The molecule has 0 amide bonds. The van der Waals surface area contributed by atoms with Crippen LogP contribution in [0.1, 0.15) is 16.7 Å². The molecule has 0 aliphatic heterocycles. The standard InChI is InChI=1S/C30H26N4O7S2/c1-18-28(25(41-2)16-22(31)30(18)43(38,39)40)34-29-21-14-9-15-26(42(35,36)37)27(21)23(32-19-10-5-3-6-11-19)17-24(29)33-20-12-7-4-8-13-20/h3-17,33H,31H2,1-2H3,(H,35,36,37)(H,38,39,40). The second kappa shape index (κ2) is 11.5. The molecule has 1 aliphatic rings. The highest BCUT2D eigenvalue weighted by atomic mass is 32.2. The fourth-order valence-electron chi connectivity index (χ4n) is 4.79. The van der Waals surface area contributed by atoms with Gasteiger partial charge in [0.1, 0.15) is 21.2 Å². The summed E-state index contributed by atoms with van der Waals surface area (Å²) in [5.74, 6) is 0.102. The molecule has 0 heterocycles. The van der Waals surface area contributed by atoms with Crippen molar-refractivity contribution in [3.8, 4) is 5.75 Å². The molecule has 0 unspecified atom stereocenters. The largest absolute Gasteiger partial charge is 0.494 e. The number of allylic oxidation sites excluding steroid dienone is 2. The van der Waals surface area contributed by atoms with Crippen molar-refractivity contribution in [1.29, 1.82) is 0 Å². The zero-order valence-electron chi connectivity index (χ0n) is 22.9. The molecule has 0 atom stereocenters. The lowest BCUT2D eigenvalue weighted by molar-refractivity contribution is 0.415. The fourth-order valence-corrected chi connectivity index (χ4v) is 6.35. The molecule has 0 aromatic heterocycles. The maximum Gasteiger partial charge on any atom is 0.296 e. The molecule has 1 aliphatic carbocycles. The number of nitrogen functional groups attached to an aromatic ring is 1. The highest BCUT2D eigenvalue weighted by molar-refractivity contribution is 7.86. The van der Waals surface area contributed by atoms with Crippen LogP contribution < -0.4 is 15.8 Å². The summed E-state index contributed by atoms with van der Waals surface area (Å²) in [4.78, 5) is 8.54. The van der Waals surface area contributed by atoms with Crippen molar-refractivity contribution >= 4 is 54.4 Å². The van der Waals surface area contributed by atoms with Crippen LogP contribution in [-0.2, 0) is 20.2 Å². The maximum atomic E-state index is 12.6. The van der Waals surface area contributed by atoms with Gasteiger partial charge in [-0.15, -0.1) is 0 Å². The summed E-state index contributed by atoms with van der Waals surface area (Å²) in [6.45, 7) is 1.41. The van der Waals surface area contributed by atoms with E-state index in [1.54, 1.807) is 36.4 Å². The molecule has 0 bridgehead atoms. The summed E-state index contributed by atoms with van der Waals surface area (Å²) >= 11 is 0. The van der Waals surface area contributed by atoms with Gasteiger partial charge in [-0.1, -0.05) is 48.5 Å². The van der Waals surface area contributed by atoms with E-state index >= 15 is 0 Å². The van der Waals surface area contributed by atoms with Gasteiger partial charge in [0.15, 0.2) is 0 Å². The van der Waals surface area contributed by atoms with Crippen molar-refractivity contribution in [2.75, 3.05) is 18.2 Å². The Hall–Kier alpha value is -4.82. The lowest BCUT2D eigenvalue weighted by atomic mass is 9.90. The molecule has 4 aromatic carbocycles. The highest BCUT2D eigenvalue weighted by Gasteiger charge is 2.31. The number of nitrogens with two attached hydrogens (primary N) is 1. The van der Waals surface area contributed by atoms with Crippen LogP contribution in [0.3, 0.4) is 0 Å². The molecule has 0 fully saturated rings. The molecule has 0 radical (unpaired) electrons. The monoisotopic (exact) mass is 618 g/mol. The Morgan fingerprint density at radius 1 is 0.837 bits per heavy atom. The number of nitrogens with one attached hydrogen (secondary N) is 1. The Morgan fingerprint density at radius 2 is 1.49 bits per heavy atom. The van der Waals surface area contributed by atoms with Crippen molar-refractivity contribution in [2.45, 2.75) is 16.7 Å². The van der Waals surface area contributed by atoms with Gasteiger partial charge in [-0.05, 0) is 43.3 Å². The Morgan fingerprint density at radius 3 is 2.09 bits per heavy atom. The quantitative estimate of drug-likeness (QED) is 0.157. The Kier molecular flexibility index (Phi) is 7.90. The third kappa shape index (κ3) is 6.05. The van der Waals surface area contributed by atoms with Crippen molar-refractivity contribution in [1.82, 2.24) is 0 Å². The van der Waals surface area contributed by atoms with Crippen LogP contribution in [0.5, 0.6) is 5.75 Å². The van der Waals surface area contributed by atoms with Crippen molar-refractivity contribution < 1.29 is 30.7 Å². The van der Waals surface area contributed by atoms with Gasteiger partial charge in [-0.2, -0.15) is 16.8 Å². The number of para-hydroxylation sites is 2. The number of rotatable bonds is 7. The number of methoxy groups -OCH3 is 1. The molecule has 5 rings (SSSR count). The van der Waals surface area contributed by atoms with Gasteiger partial charge in [-0.3, -0.25) is 9.11 Å². The maximum absolute atomic E-state index is 12.6. The highest BCUT2D eigenvalue weighted by Crippen LogP contribution is 2.41. The third-order valence-corrected chi connectivity index (χ3v) is 8.54. The predicted octanol–water partition coefficient (Wildman–Crippen LogP) is 5.33. The summed E-state index contributed by atoms with van der Waals surface area (Å²) < 4.78 is 75.3. The summed E-state index contributed by atoms with van der Waals surface area (Å²) in [6.07, 6.45) is 1.58. The van der Waals surface area contributed by atoms with Gasteiger partial charge in [-0.25, -0.2) is 9.98 Å². The smallest absolute Gasteiger partial charge is 0.296 e. The van der Waals surface area contributed by atoms with Crippen molar-refractivity contribution in [3.63, 3.8) is 0 Å². The number of anilines is 2. The van der Waals surface area contributed by atoms with E-state index in [4.69, 9.17) is 20.5 Å². The number of aliphatic imine (C=N–C) groups is 2.